The summed E-state index contributed by atoms with van der Waals surface area (Å²) in [5, 5.41) is 0.379. The van der Waals surface area contributed by atoms with Gasteiger partial charge in [-0.2, -0.15) is 0 Å². The molecule has 110 valence electrons. The van der Waals surface area contributed by atoms with E-state index in [2.05, 4.69) is 20.8 Å². The zero-order valence-corrected chi connectivity index (χ0v) is 13.4. The Morgan fingerprint density at radius 1 is 1.10 bits per heavy atom. The molecule has 2 aromatic carbocycles. The summed E-state index contributed by atoms with van der Waals surface area (Å²) in [6.07, 6.45) is 0.921. The Morgan fingerprint density at radius 3 is 2.48 bits per heavy atom. The fourth-order valence-electron chi connectivity index (χ4n) is 2.69. The van der Waals surface area contributed by atoms with Crippen LogP contribution in [0.15, 0.2) is 42.5 Å². The average molecular weight is 302 g/mol. The topological polar surface area (TPSA) is 46.5 Å². The summed E-state index contributed by atoms with van der Waals surface area (Å²) < 4.78 is 18.1. The van der Waals surface area contributed by atoms with E-state index in [-0.39, 0.29) is 5.41 Å². The SMILES string of the molecule is CCC(C)(C)c1cccc2c1OP(=O)(O)c1ccccc1-2. The van der Waals surface area contributed by atoms with E-state index in [1.54, 1.807) is 12.1 Å². The number of para-hydroxylation sites is 1. The first-order valence-corrected chi connectivity index (χ1v) is 8.70. The third-order valence-corrected chi connectivity index (χ3v) is 5.77. The van der Waals surface area contributed by atoms with Crippen LogP contribution in [0.4, 0.5) is 0 Å². The van der Waals surface area contributed by atoms with E-state index in [1.807, 2.05) is 30.3 Å². The minimum Gasteiger partial charge on any atom is -0.420 e. The van der Waals surface area contributed by atoms with Gasteiger partial charge in [-0.1, -0.05) is 57.2 Å². The maximum Gasteiger partial charge on any atom is 0.408 e. The predicted octanol–water partition coefficient (Wildman–Crippen LogP) is 4.24. The van der Waals surface area contributed by atoms with E-state index in [0.29, 0.717) is 11.1 Å². The van der Waals surface area contributed by atoms with Crippen molar-refractivity contribution in [2.75, 3.05) is 0 Å². The van der Waals surface area contributed by atoms with Crippen molar-refractivity contribution in [2.24, 2.45) is 0 Å². The summed E-state index contributed by atoms with van der Waals surface area (Å²) in [5.74, 6) is 0.550. The zero-order chi connectivity index (χ0) is 15.3. The van der Waals surface area contributed by atoms with Crippen LogP contribution < -0.4 is 9.83 Å². The lowest BCUT2D eigenvalue weighted by molar-refractivity contribution is 0.383. The van der Waals surface area contributed by atoms with Crippen molar-refractivity contribution in [3.63, 3.8) is 0 Å². The van der Waals surface area contributed by atoms with Gasteiger partial charge in [0.2, 0.25) is 0 Å². The quantitative estimate of drug-likeness (QED) is 0.844. The fraction of sp³-hybridized carbons (Fsp3) is 0.294. The summed E-state index contributed by atoms with van der Waals surface area (Å²) in [6.45, 7) is 6.35. The molecule has 0 saturated carbocycles. The van der Waals surface area contributed by atoms with E-state index in [4.69, 9.17) is 4.52 Å². The van der Waals surface area contributed by atoms with E-state index in [1.165, 1.54) is 0 Å². The lowest BCUT2D eigenvalue weighted by Gasteiger charge is -2.31. The molecular formula is C17H19O3P. The van der Waals surface area contributed by atoms with Crippen molar-refractivity contribution in [1.82, 2.24) is 0 Å². The van der Waals surface area contributed by atoms with Crippen molar-refractivity contribution in [1.29, 1.82) is 0 Å². The van der Waals surface area contributed by atoms with Crippen molar-refractivity contribution in [3.8, 4) is 16.9 Å². The number of rotatable bonds is 2. The molecule has 1 heterocycles. The van der Waals surface area contributed by atoms with Crippen LogP contribution in [-0.4, -0.2) is 4.89 Å². The summed E-state index contributed by atoms with van der Waals surface area (Å²) in [6, 6.07) is 13.1. The molecule has 4 heteroatoms. The van der Waals surface area contributed by atoms with Crippen LogP contribution in [0.5, 0.6) is 5.75 Å². The van der Waals surface area contributed by atoms with Gasteiger partial charge >= 0.3 is 7.60 Å². The molecule has 0 aromatic heterocycles. The molecule has 1 atom stereocenters. The van der Waals surface area contributed by atoms with Gasteiger partial charge in [0.05, 0.1) is 5.30 Å². The molecule has 0 bridgehead atoms. The highest BCUT2D eigenvalue weighted by Gasteiger charge is 2.37. The van der Waals surface area contributed by atoms with Gasteiger partial charge in [-0.3, -0.25) is 0 Å². The Morgan fingerprint density at radius 2 is 1.76 bits per heavy atom. The van der Waals surface area contributed by atoms with Gasteiger partial charge in [0, 0.05) is 16.7 Å². The monoisotopic (exact) mass is 302 g/mol. The van der Waals surface area contributed by atoms with Gasteiger partial charge in [0.25, 0.3) is 0 Å². The molecule has 1 aliphatic heterocycles. The Labute approximate surface area is 125 Å². The van der Waals surface area contributed by atoms with Crippen LogP contribution in [0.1, 0.15) is 32.8 Å². The van der Waals surface area contributed by atoms with Crippen LogP contribution in [0, 0.1) is 0 Å². The van der Waals surface area contributed by atoms with E-state index >= 15 is 0 Å². The van der Waals surface area contributed by atoms with Crippen LogP contribution in [0.25, 0.3) is 11.1 Å². The molecule has 1 N–H and O–H groups in total. The minimum atomic E-state index is -3.82. The summed E-state index contributed by atoms with van der Waals surface area (Å²) in [5.41, 5.74) is 2.55. The Bertz CT molecular complexity index is 749. The summed E-state index contributed by atoms with van der Waals surface area (Å²) in [7, 11) is -3.82. The van der Waals surface area contributed by atoms with Gasteiger partial charge in [-0.25, -0.2) is 4.57 Å². The highest BCUT2D eigenvalue weighted by atomic mass is 31.2. The molecular weight excluding hydrogens is 283 g/mol. The van der Waals surface area contributed by atoms with Crippen LogP contribution in [-0.2, 0) is 9.98 Å². The lowest BCUT2D eigenvalue weighted by atomic mass is 9.80. The van der Waals surface area contributed by atoms with Gasteiger partial charge in [-0.05, 0) is 17.9 Å². The first kappa shape index (κ1) is 14.4. The van der Waals surface area contributed by atoms with Crippen molar-refractivity contribution < 1.29 is 14.0 Å². The van der Waals surface area contributed by atoms with Crippen LogP contribution in [0.3, 0.4) is 0 Å². The molecule has 3 nitrogen and oxygen atoms in total. The number of hydrogen-bond donors (Lipinski definition) is 1. The summed E-state index contributed by atoms with van der Waals surface area (Å²) >= 11 is 0. The second-order valence-corrected chi connectivity index (χ2v) is 7.75. The van der Waals surface area contributed by atoms with Crippen molar-refractivity contribution in [2.45, 2.75) is 32.6 Å². The molecule has 0 aliphatic carbocycles. The Hall–Kier alpha value is -1.57. The minimum absolute atomic E-state index is 0.113. The van der Waals surface area contributed by atoms with E-state index in [0.717, 1.165) is 23.1 Å². The third-order valence-electron chi connectivity index (χ3n) is 4.34. The Balaban J connectivity index is 2.32. The highest BCUT2D eigenvalue weighted by molar-refractivity contribution is 7.62. The molecule has 3 rings (SSSR count). The second kappa shape index (κ2) is 4.72. The van der Waals surface area contributed by atoms with Gasteiger partial charge in [0.15, 0.2) is 0 Å². The number of benzene rings is 2. The molecule has 1 aliphatic rings. The van der Waals surface area contributed by atoms with Gasteiger partial charge in [-0.15, -0.1) is 0 Å². The first-order chi connectivity index (χ1) is 9.87. The van der Waals surface area contributed by atoms with Crippen LogP contribution >= 0.6 is 7.60 Å². The molecule has 0 amide bonds. The Kier molecular flexibility index (Phi) is 3.23. The molecule has 1 unspecified atom stereocenters. The molecule has 0 radical (unpaired) electrons. The smallest absolute Gasteiger partial charge is 0.408 e. The first-order valence-electron chi connectivity index (χ1n) is 7.12. The fourth-order valence-corrected chi connectivity index (χ4v) is 4.01. The molecule has 0 saturated heterocycles. The maximum absolute atomic E-state index is 12.5. The number of hydrogen-bond acceptors (Lipinski definition) is 2. The molecule has 0 fully saturated rings. The van der Waals surface area contributed by atoms with Crippen molar-refractivity contribution >= 4 is 12.9 Å². The van der Waals surface area contributed by atoms with E-state index < -0.39 is 7.60 Å². The largest absolute Gasteiger partial charge is 0.420 e. The second-order valence-electron chi connectivity index (χ2n) is 6.05. The van der Waals surface area contributed by atoms with E-state index in [9.17, 15) is 9.46 Å². The van der Waals surface area contributed by atoms with Gasteiger partial charge in [0.1, 0.15) is 5.75 Å². The van der Waals surface area contributed by atoms with Gasteiger partial charge < -0.3 is 9.42 Å². The standard InChI is InChI=1S/C17H19O3P/c1-4-17(2,3)14-10-7-9-13-12-8-5-6-11-15(12)21(18,19)20-16(13)14/h5-11H,4H2,1-3H3,(H,18,19). The highest BCUT2D eigenvalue weighted by Crippen LogP contribution is 2.54. The molecule has 2 aromatic rings. The maximum atomic E-state index is 12.5. The number of fused-ring (bicyclic) bond motifs is 3. The summed E-state index contributed by atoms with van der Waals surface area (Å²) in [4.78, 5) is 10.3. The normalized spacial score (nSPS) is 20.4. The lowest BCUT2D eigenvalue weighted by Crippen LogP contribution is -2.22. The average Bonchev–Trinajstić information content (AvgIpc) is 2.46. The predicted molar refractivity (Wildman–Crippen MR) is 85.3 cm³/mol. The zero-order valence-electron chi connectivity index (χ0n) is 12.5. The van der Waals surface area contributed by atoms with Crippen molar-refractivity contribution in [3.05, 3.63) is 48.0 Å². The van der Waals surface area contributed by atoms with Crippen LogP contribution in [0.2, 0.25) is 0 Å². The molecule has 21 heavy (non-hydrogen) atoms. The third kappa shape index (κ3) is 2.21. The molecule has 0 spiro atoms.